The van der Waals surface area contributed by atoms with E-state index in [1.54, 1.807) is 18.2 Å². The second kappa shape index (κ2) is 12.2. The highest BCUT2D eigenvalue weighted by Gasteiger charge is 2.06. The summed E-state index contributed by atoms with van der Waals surface area (Å²) in [6.07, 6.45) is 2.88. The van der Waals surface area contributed by atoms with Crippen LogP contribution in [-0.4, -0.2) is 41.5 Å². The number of hydrogen-bond acceptors (Lipinski definition) is 3. The third-order valence-electron chi connectivity index (χ3n) is 4.53. The van der Waals surface area contributed by atoms with Gasteiger partial charge < -0.3 is 20.9 Å². The van der Waals surface area contributed by atoms with Gasteiger partial charge in [0.25, 0.3) is 0 Å². The molecule has 3 rings (SSSR count). The zero-order valence-electron chi connectivity index (χ0n) is 17.7. The summed E-state index contributed by atoms with van der Waals surface area (Å²) < 4.78 is 13.5. The molecule has 7 nitrogen and oxygen atoms in total. The maximum Gasteiger partial charge on any atom is 0.227 e. The van der Waals surface area contributed by atoms with Crippen molar-refractivity contribution < 1.29 is 9.18 Å². The van der Waals surface area contributed by atoms with Gasteiger partial charge in [-0.25, -0.2) is 9.37 Å². The first-order valence-corrected chi connectivity index (χ1v) is 10.1. The number of carbonyl (C=O) groups excluding carboxylic acids is 1. The lowest BCUT2D eigenvalue weighted by Crippen LogP contribution is -2.38. The second-order valence-corrected chi connectivity index (χ2v) is 6.90. The number of nitrogens with one attached hydrogen (secondary N) is 4. The van der Waals surface area contributed by atoms with Crippen molar-refractivity contribution in [2.45, 2.75) is 26.7 Å². The van der Waals surface area contributed by atoms with Crippen molar-refractivity contribution in [1.29, 1.82) is 0 Å². The first-order chi connectivity index (χ1) is 14.5. The van der Waals surface area contributed by atoms with E-state index in [2.05, 4.69) is 30.9 Å². The fourth-order valence-electron chi connectivity index (χ4n) is 3.10. The molecule has 0 bridgehead atoms. The van der Waals surface area contributed by atoms with E-state index in [4.69, 9.17) is 0 Å². The number of pyridine rings is 1. The average molecular weight is 538 g/mol. The Bertz CT molecular complexity index is 1040. The summed E-state index contributed by atoms with van der Waals surface area (Å²) in [7, 11) is 0. The number of rotatable bonds is 8. The SMILES string of the molecule is CCNC(=NCCC(=O)Nc1cccc(C)n1)NCCc1c[nH]c2ccc(F)cc12.I. The van der Waals surface area contributed by atoms with E-state index in [0.717, 1.165) is 22.2 Å². The highest BCUT2D eigenvalue weighted by molar-refractivity contribution is 14.0. The van der Waals surface area contributed by atoms with Crippen molar-refractivity contribution >= 4 is 52.6 Å². The molecule has 9 heteroatoms. The van der Waals surface area contributed by atoms with Crippen LogP contribution in [0.5, 0.6) is 0 Å². The molecular weight excluding hydrogens is 510 g/mol. The van der Waals surface area contributed by atoms with Gasteiger partial charge in [-0.3, -0.25) is 9.79 Å². The molecule has 0 aliphatic rings. The summed E-state index contributed by atoms with van der Waals surface area (Å²) in [4.78, 5) is 24.0. The highest BCUT2D eigenvalue weighted by atomic mass is 127. The largest absolute Gasteiger partial charge is 0.361 e. The van der Waals surface area contributed by atoms with Crippen molar-refractivity contribution in [3.05, 3.63) is 59.7 Å². The van der Waals surface area contributed by atoms with Gasteiger partial charge >= 0.3 is 0 Å². The van der Waals surface area contributed by atoms with Gasteiger partial charge in [0, 0.05) is 42.3 Å². The van der Waals surface area contributed by atoms with Crippen LogP contribution in [0.4, 0.5) is 10.2 Å². The van der Waals surface area contributed by atoms with Gasteiger partial charge in [-0.2, -0.15) is 0 Å². The van der Waals surface area contributed by atoms with Gasteiger partial charge in [0.05, 0.1) is 6.54 Å². The molecule has 4 N–H and O–H groups in total. The van der Waals surface area contributed by atoms with Crippen LogP contribution in [0.1, 0.15) is 24.6 Å². The standard InChI is InChI=1S/C22H27FN6O.HI/c1-3-24-22(26-12-10-21(30)29-20-6-4-5-15(2)28-20)25-11-9-16-14-27-19-8-7-17(23)13-18(16)19;/h4-8,13-14,27H,3,9-12H2,1-2H3,(H2,24,25,26)(H,28,29,30);1H. The zero-order chi connectivity index (χ0) is 21.3. The monoisotopic (exact) mass is 538 g/mol. The predicted octanol–water partition coefficient (Wildman–Crippen LogP) is 3.75. The Morgan fingerprint density at radius 3 is 2.84 bits per heavy atom. The lowest BCUT2D eigenvalue weighted by molar-refractivity contribution is -0.116. The van der Waals surface area contributed by atoms with Crippen LogP contribution < -0.4 is 16.0 Å². The van der Waals surface area contributed by atoms with E-state index in [1.807, 2.05) is 32.2 Å². The lowest BCUT2D eigenvalue weighted by atomic mass is 10.1. The van der Waals surface area contributed by atoms with Crippen molar-refractivity contribution in [3.63, 3.8) is 0 Å². The second-order valence-electron chi connectivity index (χ2n) is 6.90. The third-order valence-corrected chi connectivity index (χ3v) is 4.53. The van der Waals surface area contributed by atoms with Crippen molar-refractivity contribution in [3.8, 4) is 0 Å². The molecule has 0 spiro atoms. The van der Waals surface area contributed by atoms with Crippen molar-refractivity contribution in [1.82, 2.24) is 20.6 Å². The molecule has 2 aromatic heterocycles. The van der Waals surface area contributed by atoms with E-state index in [-0.39, 0.29) is 42.1 Å². The highest BCUT2D eigenvalue weighted by Crippen LogP contribution is 2.19. The molecule has 3 aromatic rings. The minimum atomic E-state index is -0.245. The van der Waals surface area contributed by atoms with Crippen LogP contribution in [0, 0.1) is 12.7 Å². The average Bonchev–Trinajstić information content (AvgIpc) is 3.10. The van der Waals surface area contributed by atoms with Crippen molar-refractivity contribution in [2.75, 3.05) is 25.0 Å². The number of benzene rings is 1. The molecule has 2 heterocycles. The van der Waals surface area contributed by atoms with Crippen LogP contribution in [0.2, 0.25) is 0 Å². The van der Waals surface area contributed by atoms with E-state index in [1.165, 1.54) is 6.07 Å². The number of anilines is 1. The van der Waals surface area contributed by atoms with Gasteiger partial charge in [0.1, 0.15) is 11.6 Å². The fourth-order valence-corrected chi connectivity index (χ4v) is 3.10. The fraction of sp³-hybridized carbons (Fsp3) is 0.318. The Morgan fingerprint density at radius 2 is 2.06 bits per heavy atom. The van der Waals surface area contributed by atoms with Crippen molar-refractivity contribution in [2.24, 2.45) is 4.99 Å². The Labute approximate surface area is 198 Å². The summed E-state index contributed by atoms with van der Waals surface area (Å²) in [6, 6.07) is 10.2. The van der Waals surface area contributed by atoms with E-state index in [9.17, 15) is 9.18 Å². The van der Waals surface area contributed by atoms with Crippen LogP contribution in [0.3, 0.4) is 0 Å². The number of amides is 1. The molecule has 1 amide bonds. The van der Waals surface area contributed by atoms with Gasteiger partial charge in [0.15, 0.2) is 5.96 Å². The number of aliphatic imine (C=N–C) groups is 1. The van der Waals surface area contributed by atoms with Gasteiger partial charge in [-0.1, -0.05) is 6.07 Å². The molecule has 0 aliphatic carbocycles. The number of aromatic nitrogens is 2. The quantitative estimate of drug-likeness (QED) is 0.200. The van der Waals surface area contributed by atoms with Gasteiger partial charge in [-0.05, 0) is 56.2 Å². The predicted molar refractivity (Wildman–Crippen MR) is 134 cm³/mol. The normalized spacial score (nSPS) is 11.1. The number of aromatic amines is 1. The van der Waals surface area contributed by atoms with E-state index < -0.39 is 0 Å². The minimum absolute atomic E-state index is 0. The van der Waals surface area contributed by atoms with E-state index in [0.29, 0.717) is 37.8 Å². The Hall–Kier alpha value is -2.69. The Balaban J connectivity index is 0.00000341. The number of carbonyl (C=O) groups is 1. The van der Waals surface area contributed by atoms with Crippen LogP contribution in [-0.2, 0) is 11.2 Å². The summed E-state index contributed by atoms with van der Waals surface area (Å²) in [5.41, 5.74) is 2.81. The molecule has 31 heavy (non-hydrogen) atoms. The molecule has 0 fully saturated rings. The lowest BCUT2D eigenvalue weighted by Gasteiger charge is -2.11. The summed E-state index contributed by atoms with van der Waals surface area (Å²) >= 11 is 0. The number of fused-ring (bicyclic) bond motifs is 1. The number of halogens is 2. The van der Waals surface area contributed by atoms with E-state index >= 15 is 0 Å². The molecular formula is C22H28FIN6O. The number of nitrogens with zero attached hydrogens (tertiary/aromatic N) is 2. The smallest absolute Gasteiger partial charge is 0.227 e. The van der Waals surface area contributed by atoms with Crippen LogP contribution in [0.15, 0.2) is 47.6 Å². The molecule has 0 unspecified atom stereocenters. The first kappa shape index (κ1) is 24.6. The number of guanidine groups is 1. The molecule has 1 aromatic carbocycles. The summed E-state index contributed by atoms with van der Waals surface area (Å²) in [5, 5.41) is 10.1. The molecule has 0 aliphatic heterocycles. The topological polar surface area (TPSA) is 94.2 Å². The molecule has 166 valence electrons. The third kappa shape index (κ3) is 7.50. The minimum Gasteiger partial charge on any atom is -0.361 e. The molecule has 0 saturated carbocycles. The Morgan fingerprint density at radius 1 is 1.23 bits per heavy atom. The Kier molecular flexibility index (Phi) is 9.70. The van der Waals surface area contributed by atoms with Gasteiger partial charge in [0.2, 0.25) is 5.91 Å². The molecule has 0 atom stereocenters. The summed E-state index contributed by atoms with van der Waals surface area (Å²) in [5.74, 6) is 0.813. The van der Waals surface area contributed by atoms with Crippen LogP contribution in [0.25, 0.3) is 10.9 Å². The number of aryl methyl sites for hydroxylation is 1. The first-order valence-electron chi connectivity index (χ1n) is 10.1. The molecule has 0 radical (unpaired) electrons. The number of hydrogen-bond donors (Lipinski definition) is 4. The van der Waals surface area contributed by atoms with Crippen LogP contribution >= 0.6 is 24.0 Å². The number of H-pyrrole nitrogens is 1. The maximum absolute atomic E-state index is 13.5. The van der Waals surface area contributed by atoms with Gasteiger partial charge in [-0.15, -0.1) is 24.0 Å². The maximum atomic E-state index is 13.5. The summed E-state index contributed by atoms with van der Waals surface area (Å²) in [6.45, 7) is 5.56. The molecule has 0 saturated heterocycles. The zero-order valence-corrected chi connectivity index (χ0v) is 20.0.